The summed E-state index contributed by atoms with van der Waals surface area (Å²) >= 11 is 0. The number of nitrogens with two attached hydrogens (primary N) is 2. The quantitative estimate of drug-likeness (QED) is 0.716. The fraction of sp³-hybridized carbons (Fsp3) is 0.158. The van der Waals surface area contributed by atoms with E-state index in [4.69, 9.17) is 16.2 Å². The minimum atomic E-state index is -0.0475. The average molecular weight is 292 g/mol. The van der Waals surface area contributed by atoms with Gasteiger partial charge in [-0.25, -0.2) is 0 Å². The van der Waals surface area contributed by atoms with Crippen molar-refractivity contribution in [1.29, 1.82) is 0 Å². The molecule has 1 unspecified atom stereocenters. The molecule has 0 amide bonds. The topological polar surface area (TPSA) is 61.3 Å². The molecule has 0 aliphatic heterocycles. The molecule has 112 valence electrons. The first kappa shape index (κ1) is 14.4. The molecule has 0 spiro atoms. The van der Waals surface area contributed by atoms with Crippen molar-refractivity contribution >= 4 is 22.1 Å². The van der Waals surface area contributed by atoms with Crippen LogP contribution in [0.2, 0.25) is 0 Å². The van der Waals surface area contributed by atoms with Crippen LogP contribution in [0.25, 0.3) is 10.8 Å². The summed E-state index contributed by atoms with van der Waals surface area (Å²) in [6, 6.07) is 20.5. The Morgan fingerprint density at radius 3 is 2.45 bits per heavy atom. The van der Waals surface area contributed by atoms with Gasteiger partial charge in [-0.1, -0.05) is 48.5 Å². The summed E-state index contributed by atoms with van der Waals surface area (Å²) in [5.41, 5.74) is 15.4. The Balaban J connectivity index is 1.94. The van der Waals surface area contributed by atoms with Crippen molar-refractivity contribution in [2.75, 3.05) is 18.6 Å². The van der Waals surface area contributed by atoms with E-state index in [1.807, 2.05) is 30.3 Å². The Morgan fingerprint density at radius 2 is 1.68 bits per heavy atom. The second kappa shape index (κ2) is 6.08. The van der Waals surface area contributed by atoms with Gasteiger partial charge < -0.3 is 16.2 Å². The maximum Gasteiger partial charge on any atom is 0.0862 e. The summed E-state index contributed by atoms with van der Waals surface area (Å²) in [7, 11) is 1.72. The molecule has 22 heavy (non-hydrogen) atoms. The maximum atomic E-state index is 6.07. The second-order valence-electron chi connectivity index (χ2n) is 5.46. The van der Waals surface area contributed by atoms with Gasteiger partial charge in [0.1, 0.15) is 0 Å². The third-order valence-electron chi connectivity index (χ3n) is 4.07. The van der Waals surface area contributed by atoms with Gasteiger partial charge in [-0.2, -0.15) is 0 Å². The minimum Gasteiger partial charge on any atom is -0.397 e. The van der Waals surface area contributed by atoms with Crippen LogP contribution in [0.1, 0.15) is 17.2 Å². The summed E-state index contributed by atoms with van der Waals surface area (Å²) in [5.74, 6) is 0. The zero-order chi connectivity index (χ0) is 15.5. The number of para-hydroxylation sites is 1. The van der Waals surface area contributed by atoms with Gasteiger partial charge in [-0.3, -0.25) is 0 Å². The van der Waals surface area contributed by atoms with Crippen molar-refractivity contribution in [3.8, 4) is 0 Å². The highest BCUT2D eigenvalue weighted by Crippen LogP contribution is 2.29. The number of ether oxygens (including phenoxy) is 1. The monoisotopic (exact) mass is 292 g/mol. The molecule has 0 radical (unpaired) electrons. The summed E-state index contributed by atoms with van der Waals surface area (Å²) in [6.07, 6.45) is 0.653. The lowest BCUT2D eigenvalue weighted by atomic mass is 9.97. The SMILES string of the molecule is COC(Cc1cccc(N)c1N)c1ccc2ccccc2c1. The second-order valence-corrected chi connectivity index (χ2v) is 5.46. The van der Waals surface area contributed by atoms with E-state index in [0.29, 0.717) is 17.8 Å². The smallest absolute Gasteiger partial charge is 0.0862 e. The number of fused-ring (bicyclic) bond motifs is 1. The summed E-state index contributed by atoms with van der Waals surface area (Å²) < 4.78 is 5.69. The van der Waals surface area contributed by atoms with Gasteiger partial charge in [0, 0.05) is 13.5 Å². The Hall–Kier alpha value is -2.52. The van der Waals surface area contributed by atoms with Crippen molar-refractivity contribution in [3.63, 3.8) is 0 Å². The molecule has 0 aliphatic rings. The predicted octanol–water partition coefficient (Wildman–Crippen LogP) is 3.93. The molecular weight excluding hydrogens is 272 g/mol. The zero-order valence-corrected chi connectivity index (χ0v) is 12.6. The number of hydrogen-bond acceptors (Lipinski definition) is 3. The van der Waals surface area contributed by atoms with Crippen LogP contribution in [-0.4, -0.2) is 7.11 Å². The molecule has 3 rings (SSSR count). The number of benzene rings is 3. The number of anilines is 2. The van der Waals surface area contributed by atoms with Crippen molar-refractivity contribution in [2.24, 2.45) is 0 Å². The summed E-state index contributed by atoms with van der Waals surface area (Å²) in [4.78, 5) is 0. The van der Waals surface area contributed by atoms with E-state index in [9.17, 15) is 0 Å². The first-order chi connectivity index (χ1) is 10.7. The summed E-state index contributed by atoms with van der Waals surface area (Å²) in [5, 5.41) is 2.44. The molecule has 0 aromatic heterocycles. The van der Waals surface area contributed by atoms with Crippen molar-refractivity contribution < 1.29 is 4.74 Å². The molecule has 0 fully saturated rings. The highest BCUT2D eigenvalue weighted by atomic mass is 16.5. The molecule has 0 bridgehead atoms. The largest absolute Gasteiger partial charge is 0.397 e. The normalized spacial score (nSPS) is 12.4. The maximum absolute atomic E-state index is 6.07. The minimum absolute atomic E-state index is 0.0475. The van der Waals surface area contributed by atoms with E-state index >= 15 is 0 Å². The number of hydrogen-bond donors (Lipinski definition) is 2. The van der Waals surface area contributed by atoms with Gasteiger partial charge in [-0.15, -0.1) is 0 Å². The molecule has 3 heteroatoms. The van der Waals surface area contributed by atoms with E-state index in [2.05, 4.69) is 30.3 Å². The average Bonchev–Trinajstić information content (AvgIpc) is 2.56. The van der Waals surface area contributed by atoms with Gasteiger partial charge in [-0.05, 0) is 34.0 Å². The van der Waals surface area contributed by atoms with Crippen LogP contribution in [0.15, 0.2) is 60.7 Å². The Bertz CT molecular complexity index is 798. The standard InChI is InChI=1S/C19H20N2O/c1-22-18(12-16-7-4-8-17(20)19(16)21)15-10-9-13-5-2-3-6-14(13)11-15/h2-11,18H,12,20-21H2,1H3. The van der Waals surface area contributed by atoms with Crippen LogP contribution in [-0.2, 0) is 11.2 Å². The van der Waals surface area contributed by atoms with Crippen LogP contribution in [0, 0.1) is 0 Å². The summed E-state index contributed by atoms with van der Waals surface area (Å²) in [6.45, 7) is 0. The van der Waals surface area contributed by atoms with Gasteiger partial charge in [0.15, 0.2) is 0 Å². The molecule has 0 saturated heterocycles. The third kappa shape index (κ3) is 2.76. The van der Waals surface area contributed by atoms with Crippen LogP contribution in [0.5, 0.6) is 0 Å². The Morgan fingerprint density at radius 1 is 0.909 bits per heavy atom. The number of rotatable bonds is 4. The van der Waals surface area contributed by atoms with Gasteiger partial charge >= 0.3 is 0 Å². The van der Waals surface area contributed by atoms with Gasteiger partial charge in [0.05, 0.1) is 17.5 Å². The fourth-order valence-electron chi connectivity index (χ4n) is 2.76. The van der Waals surface area contributed by atoms with E-state index in [1.165, 1.54) is 10.8 Å². The van der Waals surface area contributed by atoms with E-state index in [0.717, 1.165) is 11.1 Å². The van der Waals surface area contributed by atoms with E-state index in [-0.39, 0.29) is 6.10 Å². The molecule has 0 aliphatic carbocycles. The molecule has 0 heterocycles. The highest BCUT2D eigenvalue weighted by Gasteiger charge is 2.14. The van der Waals surface area contributed by atoms with Crippen molar-refractivity contribution in [3.05, 3.63) is 71.8 Å². The van der Waals surface area contributed by atoms with E-state index in [1.54, 1.807) is 7.11 Å². The van der Waals surface area contributed by atoms with Crippen LogP contribution in [0.3, 0.4) is 0 Å². The third-order valence-corrected chi connectivity index (χ3v) is 4.07. The number of nitrogen functional groups attached to an aromatic ring is 2. The molecule has 0 saturated carbocycles. The first-order valence-corrected chi connectivity index (χ1v) is 7.33. The lowest BCUT2D eigenvalue weighted by molar-refractivity contribution is 0.104. The van der Waals surface area contributed by atoms with Crippen LogP contribution < -0.4 is 11.5 Å². The molecular formula is C19H20N2O. The van der Waals surface area contributed by atoms with Gasteiger partial charge in [0.25, 0.3) is 0 Å². The molecule has 4 N–H and O–H groups in total. The Labute approximate surface area is 130 Å². The number of methoxy groups -OCH3 is 1. The van der Waals surface area contributed by atoms with Crippen molar-refractivity contribution in [2.45, 2.75) is 12.5 Å². The molecule has 3 aromatic rings. The Kier molecular flexibility index (Phi) is 3.98. The van der Waals surface area contributed by atoms with Gasteiger partial charge in [0.2, 0.25) is 0 Å². The molecule has 3 nitrogen and oxygen atoms in total. The fourth-order valence-corrected chi connectivity index (χ4v) is 2.76. The first-order valence-electron chi connectivity index (χ1n) is 7.33. The molecule has 3 aromatic carbocycles. The van der Waals surface area contributed by atoms with Crippen LogP contribution in [0.4, 0.5) is 11.4 Å². The van der Waals surface area contributed by atoms with E-state index < -0.39 is 0 Å². The lowest BCUT2D eigenvalue weighted by Crippen LogP contribution is -2.08. The van der Waals surface area contributed by atoms with Crippen LogP contribution >= 0.6 is 0 Å². The predicted molar refractivity (Wildman–Crippen MR) is 92.7 cm³/mol. The van der Waals surface area contributed by atoms with Crippen molar-refractivity contribution in [1.82, 2.24) is 0 Å². The molecule has 1 atom stereocenters. The zero-order valence-electron chi connectivity index (χ0n) is 12.6. The highest BCUT2D eigenvalue weighted by molar-refractivity contribution is 5.83. The lowest BCUT2D eigenvalue weighted by Gasteiger charge is -2.18.